The van der Waals surface area contributed by atoms with Crippen LogP contribution in [0.4, 0.5) is 4.79 Å². The second-order valence-corrected chi connectivity index (χ2v) is 13.2. The van der Waals surface area contributed by atoms with Crippen molar-refractivity contribution in [3.05, 3.63) is 46.5 Å². The lowest BCUT2D eigenvalue weighted by Crippen LogP contribution is -2.59. The van der Waals surface area contributed by atoms with Crippen LogP contribution in [0, 0.1) is 5.41 Å². The van der Waals surface area contributed by atoms with Crippen LogP contribution in [0.3, 0.4) is 0 Å². The number of hydrogen-bond acceptors (Lipinski definition) is 4. The zero-order chi connectivity index (χ0) is 31.7. The van der Waals surface area contributed by atoms with Crippen molar-refractivity contribution in [2.75, 3.05) is 0 Å². The second-order valence-electron chi connectivity index (χ2n) is 13.2. The third kappa shape index (κ3) is 9.38. The van der Waals surface area contributed by atoms with Crippen molar-refractivity contribution in [1.29, 1.82) is 0 Å². The number of likely N-dealkylation sites (tertiary alicyclic amines) is 1. The first kappa shape index (κ1) is 33.8. The van der Waals surface area contributed by atoms with Gasteiger partial charge in [0.15, 0.2) is 0 Å². The highest BCUT2D eigenvalue weighted by molar-refractivity contribution is 5.93. The quantitative estimate of drug-likeness (QED) is 0.159. The monoisotopic (exact) mass is 594 g/mol. The first-order valence-corrected chi connectivity index (χ1v) is 15.6. The Hall–Kier alpha value is -3.72. The summed E-state index contributed by atoms with van der Waals surface area (Å²) in [6.45, 7) is 12.2. The Morgan fingerprint density at radius 3 is 2.33 bits per heavy atom. The van der Waals surface area contributed by atoms with Crippen LogP contribution >= 0.6 is 0 Å². The molecule has 43 heavy (non-hydrogen) atoms. The largest absolute Gasteiger partial charge is 0.350 e. The van der Waals surface area contributed by atoms with Crippen LogP contribution in [-0.2, 0) is 23.1 Å². The summed E-state index contributed by atoms with van der Waals surface area (Å²) >= 11 is 0. The number of azide groups is 1. The van der Waals surface area contributed by atoms with Gasteiger partial charge in [-0.3, -0.25) is 9.59 Å². The van der Waals surface area contributed by atoms with Gasteiger partial charge in [-0.05, 0) is 68.5 Å². The minimum atomic E-state index is -0.955. The number of fused-ring (bicyclic) bond motifs is 1. The number of benzene rings is 1. The molecule has 0 spiro atoms. The highest BCUT2D eigenvalue weighted by Gasteiger charge is 2.35. The van der Waals surface area contributed by atoms with Gasteiger partial charge in [0.1, 0.15) is 18.2 Å². The minimum absolute atomic E-state index is 0.0766. The maximum atomic E-state index is 13.9. The predicted octanol–water partition coefficient (Wildman–Crippen LogP) is 5.93. The molecule has 236 valence electrons. The van der Waals surface area contributed by atoms with Crippen molar-refractivity contribution in [3.63, 3.8) is 0 Å². The van der Waals surface area contributed by atoms with Crippen molar-refractivity contribution < 1.29 is 14.4 Å². The molecule has 4 amide bonds. The van der Waals surface area contributed by atoms with Crippen LogP contribution in [0.2, 0.25) is 0 Å². The Morgan fingerprint density at radius 2 is 1.70 bits per heavy atom. The molecule has 0 bridgehead atoms. The fourth-order valence-electron chi connectivity index (χ4n) is 6.04. The number of unbranched alkanes of at least 4 members (excludes halogenated alkanes) is 1. The van der Waals surface area contributed by atoms with Crippen LogP contribution < -0.4 is 16.0 Å². The third-order valence-electron chi connectivity index (χ3n) is 8.23. The maximum Gasteiger partial charge on any atom is 0.318 e. The lowest BCUT2D eigenvalue weighted by molar-refractivity contribution is -0.130. The molecule has 5 atom stereocenters. The molecule has 1 fully saturated rings. The summed E-state index contributed by atoms with van der Waals surface area (Å²) < 4.78 is 2.00. The first-order valence-electron chi connectivity index (χ1n) is 15.6. The molecule has 1 saturated heterocycles. The molecule has 2 aromatic rings. The Labute approximate surface area is 255 Å². The molecule has 11 heteroatoms. The highest BCUT2D eigenvalue weighted by Crippen LogP contribution is 2.25. The van der Waals surface area contributed by atoms with Crippen molar-refractivity contribution in [1.82, 2.24) is 25.4 Å². The topological polar surface area (TPSA) is 144 Å². The van der Waals surface area contributed by atoms with E-state index in [2.05, 4.69) is 26.0 Å². The SMILES string of the molecule is CCCC[C@H](N=[N+]=[N-])NC(=O)C(Cc1cn(C)c2ccccc12)NC(=O)C(CC(C)(C)C)NC(=O)N1C(C)CCCC1C. The number of nitrogens with zero attached hydrogens (tertiary/aromatic N) is 5. The summed E-state index contributed by atoms with van der Waals surface area (Å²) in [7, 11) is 1.94. The zero-order valence-electron chi connectivity index (χ0n) is 26.9. The molecule has 0 radical (unpaired) electrons. The van der Waals surface area contributed by atoms with Crippen molar-refractivity contribution in [2.45, 2.75) is 123 Å². The molecule has 2 heterocycles. The van der Waals surface area contributed by atoms with Gasteiger partial charge in [-0.15, -0.1) is 0 Å². The van der Waals surface area contributed by atoms with Gasteiger partial charge in [0, 0.05) is 47.6 Å². The molecule has 0 saturated carbocycles. The van der Waals surface area contributed by atoms with Gasteiger partial charge in [-0.25, -0.2) is 4.79 Å². The summed E-state index contributed by atoms with van der Waals surface area (Å²) in [6, 6.07) is 6.00. The van der Waals surface area contributed by atoms with E-state index < -0.39 is 30.1 Å². The van der Waals surface area contributed by atoms with Gasteiger partial charge >= 0.3 is 6.03 Å². The number of aryl methyl sites for hydroxylation is 1. The Balaban J connectivity index is 1.90. The summed E-state index contributed by atoms with van der Waals surface area (Å²) in [6.07, 6.45) is 6.92. The van der Waals surface area contributed by atoms with Crippen molar-refractivity contribution in [2.24, 2.45) is 17.6 Å². The van der Waals surface area contributed by atoms with E-state index in [0.717, 1.165) is 48.6 Å². The van der Waals surface area contributed by atoms with Crippen molar-refractivity contribution >= 4 is 28.7 Å². The fourth-order valence-corrected chi connectivity index (χ4v) is 6.04. The Bertz CT molecular complexity index is 1300. The number of para-hydroxylation sites is 1. The normalized spacial score (nSPS) is 19.2. The van der Waals surface area contributed by atoms with Crippen LogP contribution in [-0.4, -0.2) is 57.6 Å². The molecule has 3 rings (SSSR count). The van der Waals surface area contributed by atoms with Gasteiger partial charge in [-0.1, -0.05) is 63.8 Å². The standard InChI is InChI=1S/C32H50N8O3/c1-8-9-17-28(37-38-33)36-29(41)25(18-23-20-39(7)27-16-11-10-15-24(23)27)34-30(42)26(19-32(4,5)6)35-31(43)40-21(2)13-12-14-22(40)3/h10-11,15-16,20-22,25-26,28H,8-9,12-14,17-19H2,1-7H3,(H,34,42)(H,35,43)(H,36,41)/t21?,22?,25?,26?,28-/m0/s1. The molecule has 11 nitrogen and oxygen atoms in total. The lowest BCUT2D eigenvalue weighted by atomic mass is 9.87. The molecular formula is C32H50N8O3. The van der Waals surface area contributed by atoms with Crippen LogP contribution in [0.25, 0.3) is 21.3 Å². The van der Waals surface area contributed by atoms with E-state index in [0.29, 0.717) is 12.8 Å². The molecule has 1 aliphatic heterocycles. The van der Waals surface area contributed by atoms with E-state index in [-0.39, 0.29) is 30.0 Å². The maximum absolute atomic E-state index is 13.9. The van der Waals surface area contributed by atoms with E-state index in [1.165, 1.54) is 0 Å². The molecule has 1 aromatic heterocycles. The van der Waals surface area contributed by atoms with Gasteiger partial charge in [0.25, 0.3) is 0 Å². The van der Waals surface area contributed by atoms with Crippen LogP contribution in [0.1, 0.15) is 92.1 Å². The summed E-state index contributed by atoms with van der Waals surface area (Å²) in [5.41, 5.74) is 10.7. The van der Waals surface area contributed by atoms with Gasteiger partial charge in [0.2, 0.25) is 11.8 Å². The third-order valence-corrected chi connectivity index (χ3v) is 8.23. The average Bonchev–Trinajstić information content (AvgIpc) is 3.25. The molecular weight excluding hydrogens is 544 g/mol. The number of rotatable bonds is 12. The predicted molar refractivity (Wildman–Crippen MR) is 170 cm³/mol. The van der Waals surface area contributed by atoms with E-state index in [4.69, 9.17) is 5.53 Å². The Morgan fingerprint density at radius 1 is 1.05 bits per heavy atom. The second kappa shape index (κ2) is 15.1. The fraction of sp³-hybridized carbons (Fsp3) is 0.656. The molecule has 1 aromatic carbocycles. The molecule has 3 N–H and O–H groups in total. The Kier molecular flexibility index (Phi) is 11.9. The van der Waals surface area contributed by atoms with E-state index in [9.17, 15) is 14.4 Å². The van der Waals surface area contributed by atoms with Crippen LogP contribution in [0.5, 0.6) is 0 Å². The lowest BCUT2D eigenvalue weighted by Gasteiger charge is -2.40. The van der Waals surface area contributed by atoms with E-state index in [1.807, 2.05) is 88.5 Å². The summed E-state index contributed by atoms with van der Waals surface area (Å²) in [5.74, 6) is -0.858. The van der Waals surface area contributed by atoms with Crippen LogP contribution in [0.15, 0.2) is 35.6 Å². The summed E-state index contributed by atoms with van der Waals surface area (Å²) in [4.78, 5) is 45.9. The average molecular weight is 595 g/mol. The number of amides is 4. The van der Waals surface area contributed by atoms with E-state index >= 15 is 0 Å². The van der Waals surface area contributed by atoms with Gasteiger partial charge in [-0.2, -0.15) is 0 Å². The number of piperidine rings is 1. The smallest absolute Gasteiger partial charge is 0.318 e. The zero-order valence-corrected chi connectivity index (χ0v) is 26.9. The first-order chi connectivity index (χ1) is 20.3. The molecule has 0 aliphatic carbocycles. The van der Waals surface area contributed by atoms with Crippen molar-refractivity contribution in [3.8, 4) is 0 Å². The number of urea groups is 1. The van der Waals surface area contributed by atoms with E-state index in [1.54, 1.807) is 0 Å². The molecule has 1 aliphatic rings. The van der Waals surface area contributed by atoms with Gasteiger partial charge < -0.3 is 25.4 Å². The highest BCUT2D eigenvalue weighted by atomic mass is 16.2. The summed E-state index contributed by atoms with van der Waals surface area (Å²) in [5, 5.41) is 13.6. The molecule has 4 unspecified atom stereocenters. The number of hydrogen-bond donors (Lipinski definition) is 3. The van der Waals surface area contributed by atoms with Gasteiger partial charge in [0.05, 0.1) is 0 Å². The minimum Gasteiger partial charge on any atom is -0.350 e. The number of carbonyl (C=O) groups is 3. The number of nitrogens with one attached hydrogen (secondary N) is 3. The number of aromatic nitrogens is 1. The number of carbonyl (C=O) groups excluding carboxylic acids is 3.